The van der Waals surface area contributed by atoms with E-state index in [4.69, 9.17) is 4.74 Å². The van der Waals surface area contributed by atoms with Gasteiger partial charge in [0.25, 0.3) is 11.8 Å². The summed E-state index contributed by atoms with van der Waals surface area (Å²) in [5, 5.41) is 0.731. The van der Waals surface area contributed by atoms with E-state index in [1.54, 1.807) is 36.9 Å². The van der Waals surface area contributed by atoms with Crippen molar-refractivity contribution in [3.8, 4) is 5.75 Å². The molecule has 0 bridgehead atoms. The van der Waals surface area contributed by atoms with Crippen molar-refractivity contribution in [1.82, 2.24) is 20.8 Å². The highest BCUT2D eigenvalue weighted by molar-refractivity contribution is 7.98. The van der Waals surface area contributed by atoms with Crippen LogP contribution in [0.4, 0.5) is 0 Å². The van der Waals surface area contributed by atoms with Crippen LogP contribution in [-0.4, -0.2) is 27.9 Å². The lowest BCUT2D eigenvalue weighted by Crippen LogP contribution is -2.47. The molecule has 3 rings (SSSR count). The van der Waals surface area contributed by atoms with Crippen LogP contribution in [0.1, 0.15) is 39.8 Å². The minimum atomic E-state index is -0.760. The van der Waals surface area contributed by atoms with Gasteiger partial charge in [0.2, 0.25) is 0 Å². The number of aromatic nitrogens is 2. The van der Waals surface area contributed by atoms with Crippen molar-refractivity contribution >= 4 is 23.6 Å². The molecule has 1 heterocycles. The predicted octanol–water partition coefficient (Wildman–Crippen LogP) is 3.92. The van der Waals surface area contributed by atoms with Crippen molar-refractivity contribution in [3.05, 3.63) is 82.7 Å². The first kappa shape index (κ1) is 23.3. The summed E-state index contributed by atoms with van der Waals surface area (Å²) in [6.07, 6.45) is -0.760. The van der Waals surface area contributed by atoms with E-state index < -0.39 is 17.9 Å². The van der Waals surface area contributed by atoms with Gasteiger partial charge in [-0.15, -0.1) is 0 Å². The lowest BCUT2D eigenvalue weighted by Gasteiger charge is -2.15. The number of nitrogens with one attached hydrogen (secondary N) is 2. The number of carbonyl (C=O) groups is 2. The Hall–Kier alpha value is -3.39. The third-order valence-corrected chi connectivity index (χ3v) is 5.44. The Morgan fingerprint density at radius 1 is 0.969 bits per heavy atom. The third-order valence-electron chi connectivity index (χ3n) is 4.52. The highest BCUT2D eigenvalue weighted by atomic mass is 32.2. The van der Waals surface area contributed by atoms with E-state index in [2.05, 4.69) is 20.8 Å². The Morgan fingerprint density at radius 2 is 1.66 bits per heavy atom. The van der Waals surface area contributed by atoms with Crippen molar-refractivity contribution in [3.63, 3.8) is 0 Å². The lowest BCUT2D eigenvalue weighted by atomic mass is 10.1. The molecule has 0 saturated heterocycles. The average Bonchev–Trinajstić information content (AvgIpc) is 2.75. The predicted molar refractivity (Wildman–Crippen MR) is 124 cm³/mol. The Labute approximate surface area is 192 Å². The molecule has 1 aromatic heterocycles. The highest BCUT2D eigenvalue weighted by Crippen LogP contribution is 2.20. The van der Waals surface area contributed by atoms with E-state index in [1.807, 2.05) is 57.2 Å². The van der Waals surface area contributed by atoms with Crippen LogP contribution in [0.5, 0.6) is 5.75 Å². The Kier molecular flexibility index (Phi) is 7.83. The van der Waals surface area contributed by atoms with E-state index >= 15 is 0 Å². The summed E-state index contributed by atoms with van der Waals surface area (Å²) in [5.74, 6) is 0.438. The van der Waals surface area contributed by atoms with Gasteiger partial charge in [0.1, 0.15) is 5.75 Å². The van der Waals surface area contributed by atoms with Crippen LogP contribution in [0, 0.1) is 20.8 Å². The zero-order chi connectivity index (χ0) is 23.1. The number of rotatable bonds is 7. The maximum atomic E-state index is 12.3. The molecule has 0 spiro atoms. The van der Waals surface area contributed by atoms with Gasteiger partial charge in [0.05, 0.1) is 0 Å². The quantitative estimate of drug-likeness (QED) is 0.322. The molecule has 0 fully saturated rings. The van der Waals surface area contributed by atoms with Crippen molar-refractivity contribution < 1.29 is 14.3 Å². The molecule has 7 nitrogen and oxygen atoms in total. The number of benzene rings is 2. The molecule has 1 unspecified atom stereocenters. The smallest absolute Gasteiger partial charge is 0.279 e. The van der Waals surface area contributed by atoms with E-state index in [-0.39, 0.29) is 0 Å². The summed E-state index contributed by atoms with van der Waals surface area (Å²) in [5.41, 5.74) is 9.21. The maximum Gasteiger partial charge on any atom is 0.279 e. The molecule has 2 aromatic carbocycles. The van der Waals surface area contributed by atoms with Gasteiger partial charge in [-0.25, -0.2) is 9.97 Å². The van der Waals surface area contributed by atoms with Gasteiger partial charge in [0, 0.05) is 22.7 Å². The van der Waals surface area contributed by atoms with E-state index in [0.717, 1.165) is 27.7 Å². The summed E-state index contributed by atoms with van der Waals surface area (Å²) in [6.45, 7) is 7.45. The van der Waals surface area contributed by atoms with Crippen LogP contribution in [0.25, 0.3) is 0 Å². The minimum Gasteiger partial charge on any atom is -0.481 e. The molecule has 1 atom stereocenters. The molecule has 0 aliphatic carbocycles. The lowest BCUT2D eigenvalue weighted by molar-refractivity contribution is -0.128. The number of hydrogen-bond acceptors (Lipinski definition) is 6. The van der Waals surface area contributed by atoms with Crippen molar-refractivity contribution in [1.29, 1.82) is 0 Å². The number of thioether (sulfide) groups is 1. The van der Waals surface area contributed by atoms with Gasteiger partial charge >= 0.3 is 0 Å². The van der Waals surface area contributed by atoms with Crippen LogP contribution >= 0.6 is 11.8 Å². The first-order valence-corrected chi connectivity index (χ1v) is 11.2. The van der Waals surface area contributed by atoms with Crippen LogP contribution in [0.2, 0.25) is 0 Å². The fourth-order valence-electron chi connectivity index (χ4n) is 2.90. The summed E-state index contributed by atoms with van der Waals surface area (Å²) in [4.78, 5) is 33.4. The second-order valence-corrected chi connectivity index (χ2v) is 8.38. The topological polar surface area (TPSA) is 93.2 Å². The molecular formula is C24H26N4O3S. The zero-order valence-corrected chi connectivity index (χ0v) is 19.3. The Balaban J connectivity index is 1.48. The second-order valence-electron chi connectivity index (χ2n) is 7.44. The average molecular weight is 451 g/mol. The molecule has 2 amide bonds. The Morgan fingerprint density at radius 3 is 2.31 bits per heavy atom. The first-order chi connectivity index (χ1) is 15.3. The van der Waals surface area contributed by atoms with Crippen LogP contribution in [0.3, 0.4) is 0 Å². The van der Waals surface area contributed by atoms with Gasteiger partial charge < -0.3 is 4.74 Å². The molecule has 0 aliphatic rings. The normalized spacial score (nSPS) is 11.5. The van der Waals surface area contributed by atoms with Gasteiger partial charge in [-0.05, 0) is 69.2 Å². The van der Waals surface area contributed by atoms with E-state index in [9.17, 15) is 9.59 Å². The highest BCUT2D eigenvalue weighted by Gasteiger charge is 2.16. The van der Waals surface area contributed by atoms with Crippen molar-refractivity contribution in [2.45, 2.75) is 44.7 Å². The SMILES string of the molecule is Cc1cccc(OC(C)C(=O)NNC(=O)c2ccc(CSc3nc(C)cc(C)n3)cc2)c1. The fourth-order valence-corrected chi connectivity index (χ4v) is 3.80. The molecule has 2 N–H and O–H groups in total. The van der Waals surface area contributed by atoms with E-state index in [0.29, 0.717) is 17.1 Å². The van der Waals surface area contributed by atoms with E-state index in [1.165, 1.54) is 0 Å². The third kappa shape index (κ3) is 6.81. The number of nitrogens with zero attached hydrogens (tertiary/aromatic N) is 2. The number of aryl methyl sites for hydroxylation is 3. The summed E-state index contributed by atoms with van der Waals surface area (Å²) < 4.78 is 5.61. The number of amides is 2. The summed E-state index contributed by atoms with van der Waals surface area (Å²) in [6, 6.07) is 16.5. The molecule has 0 radical (unpaired) electrons. The van der Waals surface area contributed by atoms with Crippen LogP contribution < -0.4 is 15.6 Å². The summed E-state index contributed by atoms with van der Waals surface area (Å²) in [7, 11) is 0. The molecule has 0 aliphatic heterocycles. The Bertz CT molecular complexity index is 1080. The van der Waals surface area contributed by atoms with Crippen molar-refractivity contribution in [2.75, 3.05) is 0 Å². The molecule has 166 valence electrons. The monoisotopic (exact) mass is 450 g/mol. The van der Waals surface area contributed by atoms with Gasteiger partial charge in [-0.1, -0.05) is 36.0 Å². The molecule has 3 aromatic rings. The van der Waals surface area contributed by atoms with Crippen LogP contribution in [-0.2, 0) is 10.5 Å². The van der Waals surface area contributed by atoms with Gasteiger partial charge in [0.15, 0.2) is 11.3 Å². The van der Waals surface area contributed by atoms with Gasteiger partial charge in [-0.2, -0.15) is 0 Å². The fraction of sp³-hybridized carbons (Fsp3) is 0.250. The maximum absolute atomic E-state index is 12.3. The standard InChI is InChI=1S/C24H26N4O3S/c1-15-6-5-7-21(12-15)31-18(4)22(29)27-28-23(30)20-10-8-19(9-11-20)14-32-24-25-16(2)13-17(3)26-24/h5-13,18H,14H2,1-4H3,(H,27,29)(H,28,30). The largest absolute Gasteiger partial charge is 0.481 e. The minimum absolute atomic E-state index is 0.405. The molecule has 32 heavy (non-hydrogen) atoms. The number of carbonyl (C=O) groups excluding carboxylic acids is 2. The van der Waals surface area contributed by atoms with Crippen molar-refractivity contribution in [2.24, 2.45) is 0 Å². The molecular weight excluding hydrogens is 424 g/mol. The first-order valence-electron chi connectivity index (χ1n) is 10.2. The number of hydrogen-bond donors (Lipinski definition) is 2. The summed E-state index contributed by atoms with van der Waals surface area (Å²) >= 11 is 1.54. The zero-order valence-electron chi connectivity index (χ0n) is 18.5. The second kappa shape index (κ2) is 10.8. The van der Waals surface area contributed by atoms with Crippen LogP contribution in [0.15, 0.2) is 59.8 Å². The molecule has 8 heteroatoms. The molecule has 0 saturated carbocycles. The number of ether oxygens (including phenoxy) is 1. The number of hydrazine groups is 1. The van der Waals surface area contributed by atoms with Gasteiger partial charge in [-0.3, -0.25) is 20.4 Å².